The maximum absolute atomic E-state index is 11.8. The quantitative estimate of drug-likeness (QED) is 0.821. The van der Waals surface area contributed by atoms with Crippen LogP contribution in [0.1, 0.15) is 48.7 Å². The monoisotopic (exact) mass is 243 g/mol. The Bertz CT molecular complexity index is 639. The van der Waals surface area contributed by atoms with Crippen molar-refractivity contribution in [3.05, 3.63) is 29.3 Å². The van der Waals surface area contributed by atoms with Gasteiger partial charge in [0.15, 0.2) is 5.78 Å². The van der Waals surface area contributed by atoms with Gasteiger partial charge in [0.05, 0.1) is 11.1 Å². The molecule has 0 aliphatic carbocycles. The molecule has 1 aliphatic rings. The van der Waals surface area contributed by atoms with E-state index < -0.39 is 0 Å². The van der Waals surface area contributed by atoms with Gasteiger partial charge >= 0.3 is 0 Å². The van der Waals surface area contributed by atoms with E-state index in [-0.39, 0.29) is 11.7 Å². The number of nitrogens with zero attached hydrogens (tertiary/aromatic N) is 1. The smallest absolute Gasteiger partial charge is 0.203 e. The lowest BCUT2D eigenvalue weighted by Crippen LogP contribution is -2.14. The molecule has 3 rings (SSSR count). The van der Waals surface area contributed by atoms with Gasteiger partial charge in [-0.2, -0.15) is 0 Å². The van der Waals surface area contributed by atoms with Crippen LogP contribution < -0.4 is 0 Å². The van der Waals surface area contributed by atoms with Crippen molar-refractivity contribution in [2.24, 2.45) is 0 Å². The Morgan fingerprint density at radius 1 is 1.50 bits per heavy atom. The second-order valence-corrected chi connectivity index (χ2v) is 5.04. The molecule has 1 aromatic carbocycles. The van der Waals surface area contributed by atoms with E-state index in [0.717, 1.165) is 30.2 Å². The lowest BCUT2D eigenvalue weighted by molar-refractivity contribution is 0.101. The SMILES string of the molecule is CCC1CCc2cccc3c(C(C)=O)c(O)n1c23. The molecule has 1 N–H and O–H groups in total. The summed E-state index contributed by atoms with van der Waals surface area (Å²) in [4.78, 5) is 11.8. The Hall–Kier alpha value is -1.77. The summed E-state index contributed by atoms with van der Waals surface area (Å²) in [6.45, 7) is 3.64. The number of Topliss-reactive ketones (excluding diaryl/α,β-unsaturated/α-hetero) is 1. The Labute approximate surface area is 106 Å². The first-order valence-corrected chi connectivity index (χ1v) is 6.50. The van der Waals surface area contributed by atoms with Gasteiger partial charge in [0.1, 0.15) is 0 Å². The fraction of sp³-hybridized carbons (Fsp3) is 0.400. The second kappa shape index (κ2) is 3.87. The van der Waals surface area contributed by atoms with Gasteiger partial charge in [0.2, 0.25) is 5.88 Å². The van der Waals surface area contributed by atoms with Crippen LogP contribution in [0.15, 0.2) is 18.2 Å². The van der Waals surface area contributed by atoms with Crippen molar-refractivity contribution in [1.29, 1.82) is 0 Å². The van der Waals surface area contributed by atoms with Crippen molar-refractivity contribution in [2.45, 2.75) is 39.2 Å². The molecular formula is C15H17NO2. The number of aryl methyl sites for hydroxylation is 1. The van der Waals surface area contributed by atoms with Gasteiger partial charge in [0, 0.05) is 11.4 Å². The van der Waals surface area contributed by atoms with Crippen LogP contribution >= 0.6 is 0 Å². The van der Waals surface area contributed by atoms with Crippen molar-refractivity contribution in [1.82, 2.24) is 4.57 Å². The summed E-state index contributed by atoms with van der Waals surface area (Å²) in [5.74, 6) is 0.0849. The lowest BCUT2D eigenvalue weighted by atomic mass is 9.97. The van der Waals surface area contributed by atoms with Crippen LogP contribution in [0.25, 0.3) is 10.9 Å². The fourth-order valence-corrected chi connectivity index (χ4v) is 3.17. The van der Waals surface area contributed by atoms with Crippen LogP contribution in [0.3, 0.4) is 0 Å². The van der Waals surface area contributed by atoms with Crippen molar-refractivity contribution >= 4 is 16.7 Å². The summed E-state index contributed by atoms with van der Waals surface area (Å²) in [5.41, 5.74) is 2.77. The maximum atomic E-state index is 11.8. The van der Waals surface area contributed by atoms with Crippen molar-refractivity contribution in [3.63, 3.8) is 0 Å². The zero-order chi connectivity index (χ0) is 12.9. The minimum absolute atomic E-state index is 0.0647. The molecule has 94 valence electrons. The molecule has 0 radical (unpaired) electrons. The zero-order valence-corrected chi connectivity index (χ0v) is 10.7. The Kier molecular flexibility index (Phi) is 2.44. The van der Waals surface area contributed by atoms with Crippen molar-refractivity contribution in [3.8, 4) is 5.88 Å². The third-order valence-corrected chi connectivity index (χ3v) is 4.02. The predicted octanol–water partition coefficient (Wildman–Crippen LogP) is 3.45. The van der Waals surface area contributed by atoms with Crippen LogP contribution in [0.2, 0.25) is 0 Å². The van der Waals surface area contributed by atoms with Crippen LogP contribution in [0.5, 0.6) is 5.88 Å². The molecule has 1 aliphatic heterocycles. The van der Waals surface area contributed by atoms with Gasteiger partial charge in [-0.3, -0.25) is 4.79 Å². The average molecular weight is 243 g/mol. The molecule has 0 bridgehead atoms. The molecule has 2 heterocycles. The average Bonchev–Trinajstić information content (AvgIpc) is 2.66. The number of benzene rings is 1. The van der Waals surface area contributed by atoms with Crippen molar-refractivity contribution in [2.75, 3.05) is 0 Å². The first-order valence-electron chi connectivity index (χ1n) is 6.50. The molecule has 0 fully saturated rings. The van der Waals surface area contributed by atoms with Gasteiger partial charge in [-0.25, -0.2) is 0 Å². The molecule has 1 aromatic heterocycles. The van der Waals surface area contributed by atoms with E-state index in [1.807, 2.05) is 16.7 Å². The normalized spacial score (nSPS) is 18.2. The lowest BCUT2D eigenvalue weighted by Gasteiger charge is -2.25. The van der Waals surface area contributed by atoms with E-state index in [0.29, 0.717) is 11.6 Å². The highest BCUT2D eigenvalue weighted by atomic mass is 16.3. The molecule has 0 saturated carbocycles. The molecule has 0 saturated heterocycles. The minimum Gasteiger partial charge on any atom is -0.494 e. The number of aromatic hydroxyl groups is 1. The topological polar surface area (TPSA) is 42.2 Å². The first-order chi connectivity index (χ1) is 8.65. The third kappa shape index (κ3) is 1.33. The zero-order valence-electron chi connectivity index (χ0n) is 10.7. The van der Waals surface area contributed by atoms with Gasteiger partial charge in [-0.1, -0.05) is 25.1 Å². The largest absolute Gasteiger partial charge is 0.494 e. The number of carbonyl (C=O) groups is 1. The minimum atomic E-state index is -0.0647. The first kappa shape index (κ1) is 11.3. The highest BCUT2D eigenvalue weighted by Crippen LogP contribution is 2.41. The number of ketones is 1. The summed E-state index contributed by atoms with van der Waals surface area (Å²) in [6, 6.07) is 6.30. The Morgan fingerprint density at radius 2 is 2.28 bits per heavy atom. The summed E-state index contributed by atoms with van der Waals surface area (Å²) >= 11 is 0. The van der Waals surface area contributed by atoms with E-state index in [1.54, 1.807) is 0 Å². The Balaban J connectivity index is 2.45. The predicted molar refractivity (Wildman–Crippen MR) is 71.3 cm³/mol. The highest BCUT2D eigenvalue weighted by Gasteiger charge is 2.28. The summed E-state index contributed by atoms with van der Waals surface area (Å²) in [7, 11) is 0. The van der Waals surface area contributed by atoms with Crippen LogP contribution in [0.4, 0.5) is 0 Å². The Morgan fingerprint density at radius 3 is 2.94 bits per heavy atom. The summed E-state index contributed by atoms with van der Waals surface area (Å²) in [5, 5.41) is 11.3. The van der Waals surface area contributed by atoms with E-state index in [1.165, 1.54) is 12.5 Å². The van der Waals surface area contributed by atoms with E-state index in [9.17, 15) is 9.90 Å². The second-order valence-electron chi connectivity index (χ2n) is 5.04. The van der Waals surface area contributed by atoms with Crippen LogP contribution in [-0.2, 0) is 6.42 Å². The van der Waals surface area contributed by atoms with Crippen molar-refractivity contribution < 1.29 is 9.90 Å². The number of carbonyl (C=O) groups excluding carboxylic acids is 1. The maximum Gasteiger partial charge on any atom is 0.203 e. The number of hydrogen-bond acceptors (Lipinski definition) is 2. The highest BCUT2D eigenvalue weighted by molar-refractivity contribution is 6.10. The standard InChI is InChI=1S/C15H17NO2/c1-3-11-8-7-10-5-4-6-12-13(9(2)17)15(18)16(11)14(10)12/h4-6,11,18H,3,7-8H2,1-2H3. The number of para-hydroxylation sites is 1. The molecular weight excluding hydrogens is 226 g/mol. The van der Waals surface area contributed by atoms with Gasteiger partial charge in [-0.05, 0) is 31.7 Å². The molecule has 3 heteroatoms. The molecule has 1 unspecified atom stereocenters. The number of hydrogen-bond donors (Lipinski definition) is 1. The van der Waals surface area contributed by atoms with E-state index >= 15 is 0 Å². The molecule has 2 aromatic rings. The van der Waals surface area contributed by atoms with Gasteiger partial charge < -0.3 is 9.67 Å². The molecule has 0 spiro atoms. The number of rotatable bonds is 2. The van der Waals surface area contributed by atoms with Crippen LogP contribution in [0, 0.1) is 0 Å². The molecule has 18 heavy (non-hydrogen) atoms. The molecule has 3 nitrogen and oxygen atoms in total. The van der Waals surface area contributed by atoms with E-state index in [2.05, 4.69) is 13.0 Å². The van der Waals surface area contributed by atoms with Gasteiger partial charge in [-0.15, -0.1) is 0 Å². The third-order valence-electron chi connectivity index (χ3n) is 4.02. The van der Waals surface area contributed by atoms with Crippen LogP contribution in [-0.4, -0.2) is 15.5 Å². The summed E-state index contributed by atoms with van der Waals surface area (Å²) in [6.07, 6.45) is 3.03. The molecule has 0 amide bonds. The number of aromatic nitrogens is 1. The summed E-state index contributed by atoms with van der Waals surface area (Å²) < 4.78 is 1.96. The van der Waals surface area contributed by atoms with Gasteiger partial charge in [0.25, 0.3) is 0 Å². The molecule has 1 atom stereocenters. The van der Waals surface area contributed by atoms with E-state index in [4.69, 9.17) is 0 Å². The fourth-order valence-electron chi connectivity index (χ4n) is 3.17.